The number of β-amino-alcohol motifs (C(OH)–C–C–N with tert-alkyl or cyclic N) is 1. The molecule has 0 bridgehead atoms. The van der Waals surface area contributed by atoms with Gasteiger partial charge in [0.25, 0.3) is 0 Å². The third-order valence-electron chi connectivity index (χ3n) is 4.40. The van der Waals surface area contributed by atoms with E-state index in [1.54, 1.807) is 4.90 Å². The highest BCUT2D eigenvalue weighted by Crippen LogP contribution is 2.20. The molecule has 1 saturated heterocycles. The van der Waals surface area contributed by atoms with Gasteiger partial charge >= 0.3 is 0 Å². The Bertz CT molecular complexity index is 710. The Kier molecular flexibility index (Phi) is 4.63. The Morgan fingerprint density at radius 1 is 1.48 bits per heavy atom. The number of hydrogen-bond acceptors (Lipinski definition) is 4. The molecule has 1 atom stereocenters. The van der Waals surface area contributed by atoms with Crippen LogP contribution in [-0.2, 0) is 16.0 Å². The van der Waals surface area contributed by atoms with Crippen molar-refractivity contribution in [3.63, 3.8) is 0 Å². The normalized spacial score (nSPS) is 19.1. The maximum atomic E-state index is 12.3. The maximum absolute atomic E-state index is 12.3. The molecule has 1 aromatic carbocycles. The topological polar surface area (TPSA) is 78.5 Å². The van der Waals surface area contributed by atoms with Gasteiger partial charge in [-0.25, -0.2) is 4.98 Å². The number of aliphatic hydroxyl groups excluding tert-OH is 1. The summed E-state index contributed by atoms with van der Waals surface area (Å²) in [5, 5.41) is 9.71. The van der Waals surface area contributed by atoms with Crippen LogP contribution < -0.4 is 0 Å². The van der Waals surface area contributed by atoms with E-state index in [9.17, 15) is 9.90 Å². The molecule has 124 valence electrons. The standard InChI is InChI=1S/C17H23N3O3/c1-11-3-4-14-17(12(11)2)19-15(18-14)5-6-16(22)20-7-8-23-10-13(21)9-20/h3-4,13,21H,5-10H2,1-2H3,(H,18,19)/t13-/m0/s1. The van der Waals surface area contributed by atoms with Crippen molar-refractivity contribution in [3.8, 4) is 0 Å². The lowest BCUT2D eigenvalue weighted by atomic mass is 10.1. The van der Waals surface area contributed by atoms with Crippen LogP contribution in [0.25, 0.3) is 11.0 Å². The molecule has 2 N–H and O–H groups in total. The number of aryl methyl sites for hydroxylation is 3. The van der Waals surface area contributed by atoms with Crippen LogP contribution in [0.15, 0.2) is 12.1 Å². The summed E-state index contributed by atoms with van der Waals surface area (Å²) in [4.78, 5) is 21.9. The van der Waals surface area contributed by atoms with E-state index in [2.05, 4.69) is 29.9 Å². The van der Waals surface area contributed by atoms with Gasteiger partial charge in [-0.2, -0.15) is 0 Å². The summed E-state index contributed by atoms with van der Waals surface area (Å²) in [6.07, 6.45) is 0.350. The number of nitrogens with one attached hydrogen (secondary N) is 1. The first-order chi connectivity index (χ1) is 11.0. The van der Waals surface area contributed by atoms with Crippen LogP contribution in [0, 0.1) is 13.8 Å². The summed E-state index contributed by atoms with van der Waals surface area (Å²) in [6.45, 7) is 5.79. The van der Waals surface area contributed by atoms with Crippen LogP contribution in [0.1, 0.15) is 23.4 Å². The van der Waals surface area contributed by atoms with E-state index in [0.29, 0.717) is 39.1 Å². The SMILES string of the molecule is Cc1ccc2[nH]c(CCC(=O)N3CCOC[C@@H](O)C3)nc2c1C. The van der Waals surface area contributed by atoms with Gasteiger partial charge in [-0.05, 0) is 31.0 Å². The highest BCUT2D eigenvalue weighted by Gasteiger charge is 2.21. The molecule has 1 aliphatic heterocycles. The number of aromatic nitrogens is 2. The van der Waals surface area contributed by atoms with Crippen molar-refractivity contribution in [1.29, 1.82) is 0 Å². The van der Waals surface area contributed by atoms with Gasteiger partial charge < -0.3 is 19.7 Å². The summed E-state index contributed by atoms with van der Waals surface area (Å²) < 4.78 is 5.25. The molecule has 0 radical (unpaired) electrons. The summed E-state index contributed by atoms with van der Waals surface area (Å²) in [7, 11) is 0. The number of imidazole rings is 1. The Hall–Kier alpha value is -1.92. The van der Waals surface area contributed by atoms with Crippen molar-refractivity contribution in [3.05, 3.63) is 29.1 Å². The number of nitrogens with zero attached hydrogens (tertiary/aromatic N) is 2. The molecular weight excluding hydrogens is 294 g/mol. The number of aliphatic hydroxyl groups is 1. The number of amides is 1. The molecule has 6 nitrogen and oxygen atoms in total. The molecule has 0 spiro atoms. The first-order valence-corrected chi connectivity index (χ1v) is 8.03. The number of fused-ring (bicyclic) bond motifs is 1. The number of hydrogen-bond donors (Lipinski definition) is 2. The molecule has 6 heteroatoms. The van der Waals surface area contributed by atoms with Crippen molar-refractivity contribution in [2.45, 2.75) is 32.8 Å². The number of carbonyl (C=O) groups excluding carboxylic acids is 1. The van der Waals surface area contributed by atoms with Crippen LogP contribution in [-0.4, -0.2) is 58.3 Å². The largest absolute Gasteiger partial charge is 0.389 e. The van der Waals surface area contributed by atoms with E-state index in [0.717, 1.165) is 16.9 Å². The Labute approximate surface area is 135 Å². The number of carbonyl (C=O) groups is 1. The lowest BCUT2D eigenvalue weighted by Crippen LogP contribution is -2.37. The van der Waals surface area contributed by atoms with Crippen LogP contribution in [0.5, 0.6) is 0 Å². The molecule has 1 fully saturated rings. The molecule has 0 unspecified atom stereocenters. The quantitative estimate of drug-likeness (QED) is 0.895. The Balaban J connectivity index is 1.66. The van der Waals surface area contributed by atoms with E-state index in [-0.39, 0.29) is 5.91 Å². The van der Waals surface area contributed by atoms with Crippen LogP contribution in [0.3, 0.4) is 0 Å². The Morgan fingerprint density at radius 2 is 2.30 bits per heavy atom. The zero-order chi connectivity index (χ0) is 16.4. The number of aromatic amines is 1. The van der Waals surface area contributed by atoms with Crippen molar-refractivity contribution < 1.29 is 14.6 Å². The van der Waals surface area contributed by atoms with Crippen molar-refractivity contribution in [1.82, 2.24) is 14.9 Å². The van der Waals surface area contributed by atoms with Crippen LogP contribution >= 0.6 is 0 Å². The minimum absolute atomic E-state index is 0.0305. The zero-order valence-corrected chi connectivity index (χ0v) is 13.6. The summed E-state index contributed by atoms with van der Waals surface area (Å²) >= 11 is 0. The molecule has 2 aromatic rings. The fourth-order valence-corrected chi connectivity index (χ4v) is 2.89. The number of H-pyrrole nitrogens is 1. The molecule has 1 amide bonds. The third kappa shape index (κ3) is 3.54. The van der Waals surface area contributed by atoms with Crippen molar-refractivity contribution in [2.24, 2.45) is 0 Å². The van der Waals surface area contributed by atoms with Gasteiger partial charge in [0.05, 0.1) is 30.4 Å². The summed E-state index contributed by atoms with van der Waals surface area (Å²) in [5.41, 5.74) is 4.37. The second-order valence-electron chi connectivity index (χ2n) is 6.16. The average molecular weight is 317 g/mol. The molecule has 0 saturated carbocycles. The molecule has 2 heterocycles. The van der Waals surface area contributed by atoms with E-state index in [4.69, 9.17) is 4.74 Å². The number of ether oxygens (including phenoxy) is 1. The summed E-state index contributed by atoms with van der Waals surface area (Å²) in [6, 6.07) is 4.10. The van der Waals surface area contributed by atoms with Crippen LogP contribution in [0.4, 0.5) is 0 Å². The second kappa shape index (κ2) is 6.68. The monoisotopic (exact) mass is 317 g/mol. The fraction of sp³-hybridized carbons (Fsp3) is 0.529. The smallest absolute Gasteiger partial charge is 0.223 e. The zero-order valence-electron chi connectivity index (χ0n) is 13.6. The lowest BCUT2D eigenvalue weighted by molar-refractivity contribution is -0.132. The molecule has 3 rings (SSSR count). The average Bonchev–Trinajstić information content (AvgIpc) is 2.83. The fourth-order valence-electron chi connectivity index (χ4n) is 2.89. The molecule has 0 aliphatic carbocycles. The molecule has 1 aliphatic rings. The highest BCUT2D eigenvalue weighted by molar-refractivity contribution is 5.80. The van der Waals surface area contributed by atoms with Gasteiger partial charge in [0.2, 0.25) is 5.91 Å². The highest BCUT2D eigenvalue weighted by atomic mass is 16.5. The minimum Gasteiger partial charge on any atom is -0.389 e. The van der Waals surface area contributed by atoms with E-state index >= 15 is 0 Å². The molecule has 1 aromatic heterocycles. The van der Waals surface area contributed by atoms with Crippen LogP contribution in [0.2, 0.25) is 0 Å². The minimum atomic E-state index is -0.599. The Morgan fingerprint density at radius 3 is 3.13 bits per heavy atom. The molecular formula is C17H23N3O3. The predicted octanol–water partition coefficient (Wildman–Crippen LogP) is 1.33. The first-order valence-electron chi connectivity index (χ1n) is 8.03. The van der Waals surface area contributed by atoms with E-state index < -0.39 is 6.10 Å². The van der Waals surface area contributed by atoms with E-state index in [1.807, 2.05) is 6.07 Å². The van der Waals surface area contributed by atoms with Crippen molar-refractivity contribution >= 4 is 16.9 Å². The van der Waals surface area contributed by atoms with Gasteiger partial charge in [0.1, 0.15) is 5.82 Å². The predicted molar refractivity (Wildman–Crippen MR) is 87.3 cm³/mol. The maximum Gasteiger partial charge on any atom is 0.223 e. The van der Waals surface area contributed by atoms with Gasteiger partial charge in [-0.3, -0.25) is 4.79 Å². The van der Waals surface area contributed by atoms with Gasteiger partial charge in [-0.15, -0.1) is 0 Å². The first kappa shape index (κ1) is 16.0. The number of benzene rings is 1. The third-order valence-corrected chi connectivity index (χ3v) is 4.40. The van der Waals surface area contributed by atoms with Crippen molar-refractivity contribution in [2.75, 3.05) is 26.3 Å². The van der Waals surface area contributed by atoms with Gasteiger partial charge in [-0.1, -0.05) is 6.07 Å². The molecule has 23 heavy (non-hydrogen) atoms. The second-order valence-corrected chi connectivity index (χ2v) is 6.16. The number of rotatable bonds is 3. The van der Waals surface area contributed by atoms with Gasteiger partial charge in [0.15, 0.2) is 0 Å². The van der Waals surface area contributed by atoms with E-state index in [1.165, 1.54) is 11.1 Å². The van der Waals surface area contributed by atoms with Gasteiger partial charge in [0, 0.05) is 25.9 Å². The lowest BCUT2D eigenvalue weighted by Gasteiger charge is -2.21. The summed E-state index contributed by atoms with van der Waals surface area (Å²) in [5.74, 6) is 0.858.